The molecule has 6 nitrogen and oxygen atoms in total. The van der Waals surface area contributed by atoms with Crippen LogP contribution < -0.4 is 5.32 Å². The van der Waals surface area contributed by atoms with Crippen LogP contribution in [0.2, 0.25) is 0 Å². The summed E-state index contributed by atoms with van der Waals surface area (Å²) in [4.78, 5) is 31.9. The monoisotopic (exact) mass is 393 g/mol. The van der Waals surface area contributed by atoms with Crippen LogP contribution in [0.3, 0.4) is 0 Å². The van der Waals surface area contributed by atoms with Crippen LogP contribution in [-0.4, -0.2) is 40.3 Å². The first-order chi connectivity index (χ1) is 14.2. The van der Waals surface area contributed by atoms with Gasteiger partial charge >= 0.3 is 0 Å². The van der Waals surface area contributed by atoms with Crippen molar-refractivity contribution in [3.8, 4) is 11.3 Å². The largest absolute Gasteiger partial charge is 0.443 e. The van der Waals surface area contributed by atoms with Gasteiger partial charge in [0.05, 0.1) is 6.04 Å². The number of hydrogen-bond acceptors (Lipinski definition) is 4. The van der Waals surface area contributed by atoms with E-state index in [4.69, 9.17) is 4.42 Å². The number of amides is 2. The van der Waals surface area contributed by atoms with E-state index in [1.165, 1.54) is 25.7 Å². The predicted octanol–water partition coefficient (Wildman–Crippen LogP) is 3.64. The summed E-state index contributed by atoms with van der Waals surface area (Å²) in [6.07, 6.45) is 8.77. The van der Waals surface area contributed by atoms with Gasteiger partial charge in [0.15, 0.2) is 17.8 Å². The number of aromatic nitrogens is 1. The zero-order chi connectivity index (χ0) is 19.8. The topological polar surface area (TPSA) is 75.4 Å². The molecule has 6 heteroatoms. The fraction of sp³-hybridized carbons (Fsp3) is 0.522. The molecule has 3 atom stereocenters. The van der Waals surface area contributed by atoms with Crippen molar-refractivity contribution in [3.05, 3.63) is 42.4 Å². The van der Waals surface area contributed by atoms with Crippen LogP contribution in [-0.2, 0) is 4.79 Å². The summed E-state index contributed by atoms with van der Waals surface area (Å²) in [5.41, 5.74) is 1.14. The molecule has 2 heterocycles. The van der Waals surface area contributed by atoms with Crippen LogP contribution >= 0.6 is 0 Å². The Morgan fingerprint density at radius 3 is 2.72 bits per heavy atom. The van der Waals surface area contributed by atoms with Crippen molar-refractivity contribution in [3.63, 3.8) is 0 Å². The Bertz CT molecular complexity index is 890. The molecule has 29 heavy (non-hydrogen) atoms. The lowest BCUT2D eigenvalue weighted by Crippen LogP contribution is -2.52. The molecule has 3 aliphatic rings. The molecule has 2 saturated carbocycles. The molecular formula is C23H27N3O3. The van der Waals surface area contributed by atoms with Gasteiger partial charge in [-0.2, -0.15) is 0 Å². The van der Waals surface area contributed by atoms with Gasteiger partial charge in [0.2, 0.25) is 5.91 Å². The summed E-state index contributed by atoms with van der Waals surface area (Å²) in [5.74, 6) is 1.76. The Kier molecular flexibility index (Phi) is 4.86. The van der Waals surface area contributed by atoms with E-state index in [1.54, 1.807) is 0 Å². The molecule has 0 spiro atoms. The van der Waals surface area contributed by atoms with Crippen molar-refractivity contribution in [1.29, 1.82) is 0 Å². The first kappa shape index (κ1) is 18.4. The number of carbonyl (C=O) groups is 2. The summed E-state index contributed by atoms with van der Waals surface area (Å²) in [7, 11) is 0. The Morgan fingerprint density at radius 2 is 2.00 bits per heavy atom. The number of carbonyl (C=O) groups excluding carboxylic acids is 2. The third-order valence-electron chi connectivity index (χ3n) is 6.93. The summed E-state index contributed by atoms with van der Waals surface area (Å²) in [5, 5.41) is 3.14. The number of hydrogen-bond donors (Lipinski definition) is 1. The maximum atomic E-state index is 12.9. The van der Waals surface area contributed by atoms with Crippen molar-refractivity contribution in [2.45, 2.75) is 57.0 Å². The first-order valence-electron chi connectivity index (χ1n) is 10.8. The van der Waals surface area contributed by atoms with E-state index in [0.717, 1.165) is 37.3 Å². The third-order valence-corrected chi connectivity index (χ3v) is 6.93. The van der Waals surface area contributed by atoms with Gasteiger partial charge in [-0.05, 0) is 31.1 Å². The van der Waals surface area contributed by atoms with Gasteiger partial charge in [-0.3, -0.25) is 9.59 Å². The molecule has 3 fully saturated rings. The van der Waals surface area contributed by atoms with E-state index in [9.17, 15) is 9.59 Å². The molecule has 1 N–H and O–H groups in total. The molecule has 2 bridgehead atoms. The van der Waals surface area contributed by atoms with Crippen LogP contribution in [0.1, 0.15) is 55.4 Å². The molecule has 1 saturated heterocycles. The molecule has 1 aromatic heterocycles. The molecule has 1 aliphatic heterocycles. The zero-order valence-corrected chi connectivity index (χ0v) is 16.5. The van der Waals surface area contributed by atoms with E-state index >= 15 is 0 Å². The van der Waals surface area contributed by atoms with Gasteiger partial charge in [-0.25, -0.2) is 4.98 Å². The second kappa shape index (κ2) is 7.65. The van der Waals surface area contributed by atoms with E-state index in [1.807, 2.05) is 35.2 Å². The molecular weight excluding hydrogens is 366 g/mol. The highest BCUT2D eigenvalue weighted by Gasteiger charge is 2.47. The first-order valence-corrected chi connectivity index (χ1v) is 10.8. The van der Waals surface area contributed by atoms with Gasteiger partial charge in [-0.1, -0.05) is 49.6 Å². The second-order valence-electron chi connectivity index (χ2n) is 8.76. The number of nitrogens with zero attached hydrogens (tertiary/aromatic N) is 2. The predicted molar refractivity (Wildman–Crippen MR) is 108 cm³/mol. The average Bonchev–Trinajstić information content (AvgIpc) is 3.42. The minimum atomic E-state index is -0.225. The Hall–Kier alpha value is -2.63. The van der Waals surface area contributed by atoms with Gasteiger partial charge in [-0.15, -0.1) is 0 Å². The third kappa shape index (κ3) is 3.56. The van der Waals surface area contributed by atoms with Crippen molar-refractivity contribution < 1.29 is 14.0 Å². The zero-order valence-electron chi connectivity index (χ0n) is 16.5. The molecule has 2 aliphatic carbocycles. The fourth-order valence-electron chi connectivity index (χ4n) is 5.16. The molecule has 0 radical (unpaired) electrons. The summed E-state index contributed by atoms with van der Waals surface area (Å²) < 4.78 is 5.49. The molecule has 1 aromatic carbocycles. The highest BCUT2D eigenvalue weighted by Crippen LogP contribution is 2.39. The van der Waals surface area contributed by atoms with Crippen LogP contribution in [0, 0.1) is 11.8 Å². The van der Waals surface area contributed by atoms with Gasteiger partial charge in [0.25, 0.3) is 5.91 Å². The minimum Gasteiger partial charge on any atom is -0.443 e. The normalized spacial score (nSPS) is 25.8. The number of oxazole rings is 1. The average molecular weight is 393 g/mol. The summed E-state index contributed by atoms with van der Waals surface area (Å²) in [6, 6.07) is 9.64. The van der Waals surface area contributed by atoms with E-state index < -0.39 is 0 Å². The lowest BCUT2D eigenvalue weighted by Gasteiger charge is -2.34. The van der Waals surface area contributed by atoms with Gasteiger partial charge in [0.1, 0.15) is 0 Å². The number of piperidine rings is 1. The molecule has 2 aromatic rings. The van der Waals surface area contributed by atoms with E-state index in [-0.39, 0.29) is 23.9 Å². The molecule has 2 amide bonds. The van der Waals surface area contributed by atoms with Crippen molar-refractivity contribution in [2.75, 3.05) is 6.54 Å². The van der Waals surface area contributed by atoms with Crippen LogP contribution in [0.5, 0.6) is 0 Å². The smallest absolute Gasteiger partial charge is 0.274 e. The Morgan fingerprint density at radius 1 is 1.17 bits per heavy atom. The SMILES string of the molecule is O=C(N[C@@H]1C[C@@H]2C[C@H]1N(C(=O)CCC1CCC1)C2)c1ncoc1-c1ccccc1. The van der Waals surface area contributed by atoms with Gasteiger partial charge in [0, 0.05) is 24.6 Å². The Balaban J connectivity index is 1.24. The number of benzene rings is 1. The second-order valence-corrected chi connectivity index (χ2v) is 8.76. The van der Waals surface area contributed by atoms with E-state index in [0.29, 0.717) is 23.8 Å². The van der Waals surface area contributed by atoms with Crippen molar-refractivity contribution >= 4 is 11.8 Å². The fourth-order valence-corrected chi connectivity index (χ4v) is 5.16. The Labute approximate surface area is 170 Å². The highest BCUT2D eigenvalue weighted by molar-refractivity contribution is 5.97. The lowest BCUT2D eigenvalue weighted by atomic mass is 9.82. The van der Waals surface area contributed by atoms with Crippen LogP contribution in [0.4, 0.5) is 0 Å². The van der Waals surface area contributed by atoms with Crippen LogP contribution in [0.15, 0.2) is 41.1 Å². The number of nitrogens with one attached hydrogen (secondary N) is 1. The molecule has 5 rings (SSSR count). The highest BCUT2D eigenvalue weighted by atomic mass is 16.3. The number of fused-ring (bicyclic) bond motifs is 2. The van der Waals surface area contributed by atoms with Crippen molar-refractivity contribution in [1.82, 2.24) is 15.2 Å². The van der Waals surface area contributed by atoms with Crippen molar-refractivity contribution in [2.24, 2.45) is 11.8 Å². The number of likely N-dealkylation sites (tertiary alicyclic amines) is 1. The minimum absolute atomic E-state index is 0.00535. The van der Waals surface area contributed by atoms with Gasteiger partial charge < -0.3 is 14.6 Å². The number of rotatable bonds is 6. The quantitative estimate of drug-likeness (QED) is 0.813. The standard InChI is InChI=1S/C23H27N3O3/c27-20(10-9-15-5-4-6-15)26-13-16-11-18(19(26)12-16)25-23(28)21-22(29-14-24-21)17-7-2-1-3-8-17/h1-3,7-8,14-16,18-19H,4-6,9-13H2,(H,25,28)/t16-,18-,19-/m1/s1. The summed E-state index contributed by atoms with van der Waals surface area (Å²) in [6.45, 7) is 0.847. The molecule has 152 valence electrons. The molecule has 0 unspecified atom stereocenters. The maximum Gasteiger partial charge on any atom is 0.274 e. The van der Waals surface area contributed by atoms with Crippen LogP contribution in [0.25, 0.3) is 11.3 Å². The maximum absolute atomic E-state index is 12.9. The lowest BCUT2D eigenvalue weighted by molar-refractivity contribution is -0.133. The van der Waals surface area contributed by atoms with E-state index in [2.05, 4.69) is 10.3 Å². The summed E-state index contributed by atoms with van der Waals surface area (Å²) >= 11 is 0.